The van der Waals surface area contributed by atoms with Crippen LogP contribution in [0.4, 0.5) is 5.82 Å². The van der Waals surface area contributed by atoms with Crippen molar-refractivity contribution in [1.82, 2.24) is 9.97 Å². The lowest BCUT2D eigenvalue weighted by molar-refractivity contribution is 0.748. The first-order chi connectivity index (χ1) is 8.25. The van der Waals surface area contributed by atoms with Gasteiger partial charge in [-0.2, -0.15) is 11.8 Å². The molecule has 0 aliphatic rings. The van der Waals surface area contributed by atoms with Gasteiger partial charge in [0.25, 0.3) is 0 Å². The molecule has 17 heavy (non-hydrogen) atoms. The van der Waals surface area contributed by atoms with Crippen molar-refractivity contribution in [3.05, 3.63) is 18.1 Å². The van der Waals surface area contributed by atoms with Gasteiger partial charge in [0, 0.05) is 18.9 Å². The molecule has 3 N–H and O–H groups in total. The average molecular weight is 270 g/mol. The molecule has 0 bridgehead atoms. The van der Waals surface area contributed by atoms with Crippen molar-refractivity contribution in [3.63, 3.8) is 0 Å². The van der Waals surface area contributed by atoms with Gasteiger partial charge in [-0.05, 0) is 24.9 Å². The van der Waals surface area contributed by atoms with Crippen molar-refractivity contribution in [1.29, 1.82) is 0 Å². The molecule has 1 rings (SSSR count). The van der Waals surface area contributed by atoms with Gasteiger partial charge in [-0.1, -0.05) is 18.6 Å². The van der Waals surface area contributed by atoms with E-state index < -0.39 is 0 Å². The Morgan fingerprint density at radius 3 is 2.82 bits per heavy atom. The summed E-state index contributed by atoms with van der Waals surface area (Å²) in [7, 11) is 0. The lowest BCUT2D eigenvalue weighted by Crippen LogP contribution is -2.16. The quantitative estimate of drug-likeness (QED) is 0.557. The van der Waals surface area contributed by atoms with Gasteiger partial charge in [0.2, 0.25) is 0 Å². The predicted molar refractivity (Wildman–Crippen MR) is 78.6 cm³/mol. The minimum absolute atomic E-state index is 0.281. The Labute approximate surface area is 112 Å². The Kier molecular flexibility index (Phi) is 6.88. The zero-order valence-electron chi connectivity index (χ0n) is 9.98. The second kappa shape index (κ2) is 8.25. The average Bonchev–Trinajstić information content (AvgIpc) is 2.34. The monoisotopic (exact) mass is 270 g/mol. The Morgan fingerprint density at radius 1 is 1.35 bits per heavy atom. The maximum absolute atomic E-state index is 5.57. The smallest absolute Gasteiger partial charge is 0.155 e. The van der Waals surface area contributed by atoms with Gasteiger partial charge in [0.15, 0.2) is 5.82 Å². The third kappa shape index (κ3) is 5.32. The van der Waals surface area contributed by atoms with Crippen LogP contribution in [0.25, 0.3) is 0 Å². The molecule has 1 aromatic heterocycles. The highest BCUT2D eigenvalue weighted by Gasteiger charge is 2.06. The van der Waals surface area contributed by atoms with E-state index in [9.17, 15) is 0 Å². The fourth-order valence-corrected chi connectivity index (χ4v) is 2.04. The number of nitrogens with one attached hydrogen (secondary N) is 1. The summed E-state index contributed by atoms with van der Waals surface area (Å²) >= 11 is 6.80. The molecule has 0 saturated carbocycles. The molecule has 1 heterocycles. The van der Waals surface area contributed by atoms with Crippen LogP contribution in [-0.2, 0) is 0 Å². The number of nitrogens with two attached hydrogens (primary N) is 1. The molecule has 0 spiro atoms. The molecule has 94 valence electrons. The Balaban J connectivity index is 2.34. The summed E-state index contributed by atoms with van der Waals surface area (Å²) in [6, 6.07) is 0. The minimum Gasteiger partial charge on any atom is -0.388 e. The summed E-state index contributed by atoms with van der Waals surface area (Å²) in [5.74, 6) is 1.91. The van der Waals surface area contributed by atoms with Crippen LogP contribution in [0.3, 0.4) is 0 Å². The van der Waals surface area contributed by atoms with E-state index in [-0.39, 0.29) is 4.99 Å². The number of anilines is 1. The normalized spacial score (nSPS) is 10.2. The van der Waals surface area contributed by atoms with Crippen LogP contribution in [0, 0.1) is 0 Å². The van der Waals surface area contributed by atoms with Crippen LogP contribution >= 0.6 is 24.0 Å². The number of aromatic nitrogens is 2. The SMILES string of the molecule is CSCCCCCNc1nccnc1C(N)=S. The zero-order chi connectivity index (χ0) is 12.5. The highest BCUT2D eigenvalue weighted by atomic mass is 32.2. The fourth-order valence-electron chi connectivity index (χ4n) is 1.40. The van der Waals surface area contributed by atoms with Crippen LogP contribution < -0.4 is 11.1 Å². The molecule has 0 aliphatic carbocycles. The molecule has 6 heteroatoms. The molecule has 0 saturated heterocycles. The van der Waals surface area contributed by atoms with E-state index in [1.807, 2.05) is 11.8 Å². The molecule has 4 nitrogen and oxygen atoms in total. The lowest BCUT2D eigenvalue weighted by atomic mass is 10.2. The molecular formula is C11H18N4S2. The largest absolute Gasteiger partial charge is 0.388 e. The second-order valence-electron chi connectivity index (χ2n) is 3.60. The van der Waals surface area contributed by atoms with E-state index in [4.69, 9.17) is 18.0 Å². The van der Waals surface area contributed by atoms with Crippen molar-refractivity contribution in [3.8, 4) is 0 Å². The van der Waals surface area contributed by atoms with Crippen molar-refractivity contribution in [2.45, 2.75) is 19.3 Å². The Bertz CT molecular complexity index is 357. The summed E-state index contributed by atoms with van der Waals surface area (Å²) in [6.45, 7) is 0.878. The van der Waals surface area contributed by atoms with Gasteiger partial charge in [0.05, 0.1) is 0 Å². The first-order valence-corrected chi connectivity index (χ1v) is 7.39. The van der Waals surface area contributed by atoms with Crippen LogP contribution in [0.15, 0.2) is 12.4 Å². The summed E-state index contributed by atoms with van der Waals surface area (Å²) < 4.78 is 0. The maximum atomic E-state index is 5.57. The molecule has 1 aromatic rings. The number of unbranched alkanes of at least 4 members (excludes halogenated alkanes) is 2. The van der Waals surface area contributed by atoms with Gasteiger partial charge in [-0.3, -0.25) is 0 Å². The van der Waals surface area contributed by atoms with E-state index in [2.05, 4.69) is 21.5 Å². The standard InChI is InChI=1S/C11H18N4S2/c1-17-8-4-2-3-5-14-11-9(10(12)16)13-6-7-15-11/h6-7H,2-5,8H2,1H3,(H2,12,16)(H,14,15). The molecule has 0 unspecified atom stereocenters. The van der Waals surface area contributed by atoms with Gasteiger partial charge < -0.3 is 11.1 Å². The molecule has 0 atom stereocenters. The maximum Gasteiger partial charge on any atom is 0.155 e. The number of hydrogen-bond acceptors (Lipinski definition) is 5. The summed E-state index contributed by atoms with van der Waals surface area (Å²) in [5, 5.41) is 3.22. The van der Waals surface area contributed by atoms with Crippen LogP contribution in [0.5, 0.6) is 0 Å². The number of hydrogen-bond donors (Lipinski definition) is 2. The molecule has 0 aromatic carbocycles. The van der Waals surface area contributed by atoms with Gasteiger partial charge in [-0.15, -0.1) is 0 Å². The summed E-state index contributed by atoms with van der Waals surface area (Å²) in [6.07, 6.45) is 8.96. The lowest BCUT2D eigenvalue weighted by Gasteiger charge is -2.08. The summed E-state index contributed by atoms with van der Waals surface area (Å²) in [4.78, 5) is 8.58. The van der Waals surface area contributed by atoms with E-state index >= 15 is 0 Å². The Morgan fingerprint density at radius 2 is 2.12 bits per heavy atom. The van der Waals surface area contributed by atoms with E-state index in [0.29, 0.717) is 11.5 Å². The summed E-state index contributed by atoms with van der Waals surface area (Å²) in [5.41, 5.74) is 6.15. The third-order valence-electron chi connectivity index (χ3n) is 2.25. The predicted octanol–water partition coefficient (Wildman–Crippen LogP) is 2.06. The Hall–Kier alpha value is -0.880. The third-order valence-corrected chi connectivity index (χ3v) is 3.14. The van der Waals surface area contributed by atoms with Crippen molar-refractivity contribution in [2.75, 3.05) is 23.9 Å². The highest BCUT2D eigenvalue weighted by molar-refractivity contribution is 7.98. The van der Waals surface area contributed by atoms with Gasteiger partial charge in [0.1, 0.15) is 10.7 Å². The van der Waals surface area contributed by atoms with Gasteiger partial charge in [-0.25, -0.2) is 9.97 Å². The first kappa shape index (κ1) is 14.2. The first-order valence-electron chi connectivity index (χ1n) is 5.59. The number of rotatable bonds is 8. The van der Waals surface area contributed by atoms with E-state index in [1.165, 1.54) is 18.6 Å². The molecular weight excluding hydrogens is 252 g/mol. The number of thioether (sulfide) groups is 1. The molecule has 0 fully saturated rings. The fraction of sp³-hybridized carbons (Fsp3) is 0.545. The van der Waals surface area contributed by atoms with Crippen LogP contribution in [-0.4, -0.2) is 33.5 Å². The topological polar surface area (TPSA) is 63.8 Å². The molecule has 0 radical (unpaired) electrons. The van der Waals surface area contributed by atoms with E-state index in [1.54, 1.807) is 12.4 Å². The van der Waals surface area contributed by atoms with E-state index in [0.717, 1.165) is 13.0 Å². The minimum atomic E-state index is 0.281. The van der Waals surface area contributed by atoms with Crippen LogP contribution in [0.1, 0.15) is 25.0 Å². The second-order valence-corrected chi connectivity index (χ2v) is 5.02. The van der Waals surface area contributed by atoms with Crippen molar-refractivity contribution >= 4 is 34.8 Å². The number of thiocarbonyl (C=S) groups is 1. The van der Waals surface area contributed by atoms with Crippen molar-refractivity contribution < 1.29 is 0 Å². The van der Waals surface area contributed by atoms with Crippen molar-refractivity contribution in [2.24, 2.45) is 5.73 Å². The zero-order valence-corrected chi connectivity index (χ0v) is 11.6. The molecule has 0 amide bonds. The molecule has 0 aliphatic heterocycles. The van der Waals surface area contributed by atoms with Gasteiger partial charge >= 0.3 is 0 Å². The van der Waals surface area contributed by atoms with Crippen LogP contribution in [0.2, 0.25) is 0 Å². The number of nitrogens with zero attached hydrogens (tertiary/aromatic N) is 2. The highest BCUT2D eigenvalue weighted by Crippen LogP contribution is 2.09.